The summed E-state index contributed by atoms with van der Waals surface area (Å²) in [7, 11) is 0. The number of halogens is 1. The number of carbonyl (C=O) groups excluding carboxylic acids is 2. The molecule has 0 aliphatic rings. The molecule has 0 fully saturated rings. The van der Waals surface area contributed by atoms with Crippen molar-refractivity contribution >= 4 is 11.9 Å². The SMILES string of the molecule is CCCCCCCCCCCCOc1ccc(-c2ccc(C(=O)Oc3ccc(C(=O)O[C@H](C)CCCCCCCCCC)cc3F)cc2)cc1. The molecule has 0 saturated heterocycles. The first-order valence-electron chi connectivity index (χ1n) is 19.5. The van der Waals surface area contributed by atoms with E-state index in [1.54, 1.807) is 12.1 Å². The minimum Gasteiger partial charge on any atom is -0.494 e. The number of carbonyl (C=O) groups is 2. The van der Waals surface area contributed by atoms with Gasteiger partial charge in [0.15, 0.2) is 11.6 Å². The topological polar surface area (TPSA) is 61.8 Å². The summed E-state index contributed by atoms with van der Waals surface area (Å²) in [6, 6.07) is 18.7. The predicted octanol–water partition coefficient (Wildman–Crippen LogP) is 13.1. The molecule has 5 nitrogen and oxygen atoms in total. The maximum Gasteiger partial charge on any atom is 0.343 e. The summed E-state index contributed by atoms with van der Waals surface area (Å²) in [5.41, 5.74) is 2.32. The molecule has 0 aliphatic heterocycles. The van der Waals surface area contributed by atoms with Gasteiger partial charge >= 0.3 is 11.9 Å². The van der Waals surface area contributed by atoms with Gasteiger partial charge in [-0.1, -0.05) is 141 Å². The molecule has 0 amide bonds. The van der Waals surface area contributed by atoms with Gasteiger partial charge in [0.1, 0.15) is 5.75 Å². The smallest absolute Gasteiger partial charge is 0.343 e. The minimum atomic E-state index is -0.796. The number of rotatable bonds is 26. The lowest BCUT2D eigenvalue weighted by molar-refractivity contribution is 0.0318. The molecule has 0 aliphatic carbocycles. The Kier molecular flexibility index (Phi) is 20.0. The quantitative estimate of drug-likeness (QED) is 0.0477. The Morgan fingerprint density at radius 2 is 1.06 bits per heavy atom. The zero-order valence-electron chi connectivity index (χ0n) is 31.0. The van der Waals surface area contributed by atoms with E-state index in [4.69, 9.17) is 14.2 Å². The molecule has 274 valence electrons. The number of hydrogen-bond donors (Lipinski definition) is 0. The van der Waals surface area contributed by atoms with Gasteiger partial charge in [0, 0.05) is 0 Å². The van der Waals surface area contributed by atoms with Crippen LogP contribution >= 0.6 is 0 Å². The molecule has 0 radical (unpaired) electrons. The fourth-order valence-corrected chi connectivity index (χ4v) is 6.07. The van der Waals surface area contributed by atoms with Crippen LogP contribution in [0.1, 0.15) is 163 Å². The lowest BCUT2D eigenvalue weighted by Crippen LogP contribution is -2.15. The van der Waals surface area contributed by atoms with Gasteiger partial charge in [0.25, 0.3) is 0 Å². The highest BCUT2D eigenvalue weighted by atomic mass is 19.1. The molecule has 6 heteroatoms. The highest BCUT2D eigenvalue weighted by Crippen LogP contribution is 2.25. The van der Waals surface area contributed by atoms with Crippen LogP contribution in [0.25, 0.3) is 11.1 Å². The lowest BCUT2D eigenvalue weighted by atomic mass is 10.0. The van der Waals surface area contributed by atoms with Gasteiger partial charge in [-0.2, -0.15) is 0 Å². The molecule has 0 saturated carbocycles. The van der Waals surface area contributed by atoms with Crippen molar-refractivity contribution in [3.63, 3.8) is 0 Å². The van der Waals surface area contributed by atoms with E-state index in [-0.39, 0.29) is 17.4 Å². The molecule has 0 heterocycles. The minimum absolute atomic E-state index is 0.0876. The molecule has 0 spiro atoms. The number of unbranched alkanes of at least 4 members (excludes halogenated alkanes) is 16. The summed E-state index contributed by atoms with van der Waals surface area (Å²) < 4.78 is 31.6. The third-order valence-corrected chi connectivity index (χ3v) is 9.22. The zero-order chi connectivity index (χ0) is 35.8. The molecular weight excluding hydrogens is 627 g/mol. The van der Waals surface area contributed by atoms with Crippen molar-refractivity contribution in [2.24, 2.45) is 0 Å². The molecular formula is C44H61FO5. The van der Waals surface area contributed by atoms with Crippen LogP contribution in [-0.4, -0.2) is 24.6 Å². The average molecular weight is 689 g/mol. The summed E-state index contributed by atoms with van der Waals surface area (Å²) in [5.74, 6) is -1.45. The maximum absolute atomic E-state index is 14.9. The Labute approximate surface area is 301 Å². The third kappa shape index (κ3) is 15.9. The highest BCUT2D eigenvalue weighted by Gasteiger charge is 2.17. The Morgan fingerprint density at radius 1 is 0.580 bits per heavy atom. The van der Waals surface area contributed by atoms with Crippen molar-refractivity contribution in [2.75, 3.05) is 6.61 Å². The fourth-order valence-electron chi connectivity index (χ4n) is 6.07. The third-order valence-electron chi connectivity index (χ3n) is 9.22. The van der Waals surface area contributed by atoms with Gasteiger partial charge in [-0.25, -0.2) is 14.0 Å². The summed E-state index contributed by atoms with van der Waals surface area (Å²) in [5, 5.41) is 0. The second-order valence-electron chi connectivity index (χ2n) is 13.6. The fraction of sp³-hybridized carbons (Fsp3) is 0.545. The van der Waals surface area contributed by atoms with Crippen LogP contribution in [0.4, 0.5) is 4.39 Å². The van der Waals surface area contributed by atoms with Crippen molar-refractivity contribution < 1.29 is 28.2 Å². The first-order chi connectivity index (χ1) is 24.4. The Hall–Kier alpha value is -3.67. The normalized spacial score (nSPS) is 11.7. The van der Waals surface area contributed by atoms with Crippen LogP contribution in [0.5, 0.6) is 11.5 Å². The second-order valence-corrected chi connectivity index (χ2v) is 13.6. The summed E-state index contributed by atoms with van der Waals surface area (Å²) >= 11 is 0. The van der Waals surface area contributed by atoms with Crippen molar-refractivity contribution in [3.8, 4) is 22.6 Å². The molecule has 3 aromatic carbocycles. The number of ether oxygens (including phenoxy) is 3. The van der Waals surface area contributed by atoms with Gasteiger partial charge in [-0.3, -0.25) is 0 Å². The molecule has 0 N–H and O–H groups in total. The van der Waals surface area contributed by atoms with E-state index in [0.717, 1.165) is 55.2 Å². The van der Waals surface area contributed by atoms with Crippen LogP contribution in [0, 0.1) is 5.82 Å². The van der Waals surface area contributed by atoms with E-state index in [2.05, 4.69) is 13.8 Å². The summed E-state index contributed by atoms with van der Waals surface area (Å²) in [6.45, 7) is 7.06. The number of benzene rings is 3. The molecule has 1 atom stereocenters. The van der Waals surface area contributed by atoms with Gasteiger partial charge in [-0.05, 0) is 79.8 Å². The first kappa shape index (κ1) is 40.8. The number of esters is 2. The zero-order valence-corrected chi connectivity index (χ0v) is 31.0. The van der Waals surface area contributed by atoms with Crippen molar-refractivity contribution in [3.05, 3.63) is 83.7 Å². The van der Waals surface area contributed by atoms with Crippen molar-refractivity contribution in [1.82, 2.24) is 0 Å². The Bertz CT molecular complexity index is 1370. The van der Waals surface area contributed by atoms with E-state index < -0.39 is 17.8 Å². The molecule has 50 heavy (non-hydrogen) atoms. The van der Waals surface area contributed by atoms with Crippen molar-refractivity contribution in [2.45, 2.75) is 149 Å². The maximum atomic E-state index is 14.9. The number of hydrogen-bond acceptors (Lipinski definition) is 5. The summed E-state index contributed by atoms with van der Waals surface area (Å²) in [6.07, 6.45) is 23.2. The summed E-state index contributed by atoms with van der Waals surface area (Å²) in [4.78, 5) is 25.4. The van der Waals surface area contributed by atoms with Crippen molar-refractivity contribution in [1.29, 1.82) is 0 Å². The van der Waals surface area contributed by atoms with E-state index in [0.29, 0.717) is 5.56 Å². The lowest BCUT2D eigenvalue weighted by Gasteiger charge is -2.14. The highest BCUT2D eigenvalue weighted by molar-refractivity contribution is 5.92. The van der Waals surface area contributed by atoms with E-state index in [1.165, 1.54) is 108 Å². The monoisotopic (exact) mass is 688 g/mol. The predicted molar refractivity (Wildman–Crippen MR) is 203 cm³/mol. The van der Waals surface area contributed by atoms with Gasteiger partial charge in [0.05, 0.1) is 23.8 Å². The molecule has 3 rings (SSSR count). The van der Waals surface area contributed by atoms with Gasteiger partial charge in [0.2, 0.25) is 0 Å². The van der Waals surface area contributed by atoms with Crippen LogP contribution < -0.4 is 9.47 Å². The van der Waals surface area contributed by atoms with E-state index in [1.807, 2.05) is 43.3 Å². The van der Waals surface area contributed by atoms with Gasteiger partial charge in [-0.15, -0.1) is 0 Å². The molecule has 0 aromatic heterocycles. The Morgan fingerprint density at radius 3 is 1.60 bits per heavy atom. The van der Waals surface area contributed by atoms with Crippen LogP contribution in [0.3, 0.4) is 0 Å². The molecule has 0 bridgehead atoms. The second kappa shape index (κ2) is 24.5. The van der Waals surface area contributed by atoms with Crippen LogP contribution in [0.2, 0.25) is 0 Å². The molecule has 3 aromatic rings. The van der Waals surface area contributed by atoms with Crippen LogP contribution in [-0.2, 0) is 4.74 Å². The standard InChI is InChI=1S/C44H61FO5/c1-4-6-8-10-12-14-15-17-19-21-33-48-40-30-27-37(28-31-40)36-23-25-38(26-24-36)43(46)50-42-32-29-39(34-41(42)45)44(47)49-35(3)22-20-18-16-13-11-9-7-5-2/h23-32,34-35H,4-22,33H2,1-3H3/t35-/m1/s1. The van der Waals surface area contributed by atoms with E-state index in [9.17, 15) is 14.0 Å². The first-order valence-corrected chi connectivity index (χ1v) is 19.5. The van der Waals surface area contributed by atoms with E-state index >= 15 is 0 Å². The van der Waals surface area contributed by atoms with Crippen LogP contribution in [0.15, 0.2) is 66.7 Å². The Balaban J connectivity index is 1.36. The average Bonchev–Trinajstić information content (AvgIpc) is 3.12. The molecule has 0 unspecified atom stereocenters. The van der Waals surface area contributed by atoms with Gasteiger partial charge < -0.3 is 14.2 Å². The largest absolute Gasteiger partial charge is 0.494 e.